The van der Waals surface area contributed by atoms with E-state index in [0.29, 0.717) is 22.6 Å². The Morgan fingerprint density at radius 3 is 2.45 bits per heavy atom. The van der Waals surface area contributed by atoms with Gasteiger partial charge in [-0.25, -0.2) is 19.3 Å². The van der Waals surface area contributed by atoms with Crippen molar-refractivity contribution >= 4 is 34.5 Å². The predicted octanol–water partition coefficient (Wildman–Crippen LogP) is 4.71. The Hall–Kier alpha value is -1.56. The molecule has 0 aliphatic carbocycles. The Morgan fingerprint density at radius 2 is 1.85 bits per heavy atom. The van der Waals surface area contributed by atoms with E-state index in [2.05, 4.69) is 15.0 Å². The summed E-state index contributed by atoms with van der Waals surface area (Å²) < 4.78 is 13.3. The molecule has 0 fully saturated rings. The molecule has 2 heterocycles. The van der Waals surface area contributed by atoms with Crippen molar-refractivity contribution in [3.8, 4) is 22.6 Å². The molecule has 0 unspecified atom stereocenters. The summed E-state index contributed by atoms with van der Waals surface area (Å²) in [6.07, 6.45) is 0. The van der Waals surface area contributed by atoms with Crippen LogP contribution in [0.5, 0.6) is 0 Å². The lowest BCUT2D eigenvalue weighted by Gasteiger charge is -2.07. The molecule has 3 aromatic rings. The molecule has 0 atom stereocenters. The van der Waals surface area contributed by atoms with Crippen LogP contribution in [0.1, 0.15) is 0 Å². The van der Waals surface area contributed by atoms with Gasteiger partial charge in [0.2, 0.25) is 0 Å². The van der Waals surface area contributed by atoms with Crippen LogP contribution < -0.4 is 0 Å². The van der Waals surface area contributed by atoms with Crippen LogP contribution in [0.15, 0.2) is 35.2 Å². The molecule has 3 nitrogen and oxygen atoms in total. The van der Waals surface area contributed by atoms with Crippen LogP contribution in [0, 0.1) is 5.82 Å². The molecule has 0 radical (unpaired) electrons. The highest BCUT2D eigenvalue weighted by atomic mass is 35.5. The maximum atomic E-state index is 13.3. The third-order valence-corrected chi connectivity index (χ3v) is 3.73. The van der Waals surface area contributed by atoms with Crippen LogP contribution in [0.3, 0.4) is 0 Å². The SMILES string of the molecule is Fc1cccc(-c2c(Cl)nc(-c3cscn3)nc2Cl)c1. The minimum Gasteiger partial charge on any atom is -0.241 e. The predicted molar refractivity (Wildman–Crippen MR) is 78.6 cm³/mol. The van der Waals surface area contributed by atoms with E-state index in [0.717, 1.165) is 0 Å². The Kier molecular flexibility index (Phi) is 3.65. The fourth-order valence-corrected chi connectivity index (χ4v) is 2.86. The first-order chi connectivity index (χ1) is 9.65. The first-order valence-corrected chi connectivity index (χ1v) is 7.22. The summed E-state index contributed by atoms with van der Waals surface area (Å²) in [7, 11) is 0. The molecule has 20 heavy (non-hydrogen) atoms. The van der Waals surface area contributed by atoms with Gasteiger partial charge in [-0.15, -0.1) is 11.3 Å². The number of halogens is 3. The summed E-state index contributed by atoms with van der Waals surface area (Å²) in [5, 5.41) is 2.13. The second-order valence-corrected chi connectivity index (χ2v) is 5.32. The van der Waals surface area contributed by atoms with Gasteiger partial charge in [0.25, 0.3) is 0 Å². The summed E-state index contributed by atoms with van der Waals surface area (Å²) in [5.41, 5.74) is 3.21. The molecule has 2 aromatic heterocycles. The van der Waals surface area contributed by atoms with Gasteiger partial charge in [-0.1, -0.05) is 35.3 Å². The van der Waals surface area contributed by atoms with Crippen molar-refractivity contribution in [1.29, 1.82) is 0 Å². The van der Waals surface area contributed by atoms with Gasteiger partial charge in [0.1, 0.15) is 21.8 Å². The van der Waals surface area contributed by atoms with E-state index in [4.69, 9.17) is 23.2 Å². The van der Waals surface area contributed by atoms with Gasteiger partial charge < -0.3 is 0 Å². The average Bonchev–Trinajstić information content (AvgIpc) is 2.91. The van der Waals surface area contributed by atoms with Crippen molar-refractivity contribution in [1.82, 2.24) is 15.0 Å². The first kappa shape index (κ1) is 13.4. The molecule has 100 valence electrons. The zero-order chi connectivity index (χ0) is 14.1. The van der Waals surface area contributed by atoms with Gasteiger partial charge in [-0.2, -0.15) is 0 Å². The van der Waals surface area contributed by atoms with Gasteiger partial charge in [0.15, 0.2) is 5.82 Å². The number of aromatic nitrogens is 3. The third kappa shape index (κ3) is 2.52. The van der Waals surface area contributed by atoms with Crippen LogP contribution >= 0.6 is 34.5 Å². The quantitative estimate of drug-likeness (QED) is 0.640. The van der Waals surface area contributed by atoms with Crippen LogP contribution in [0.2, 0.25) is 10.3 Å². The van der Waals surface area contributed by atoms with Crippen LogP contribution in [-0.2, 0) is 0 Å². The van der Waals surface area contributed by atoms with Crippen LogP contribution in [0.4, 0.5) is 4.39 Å². The summed E-state index contributed by atoms with van der Waals surface area (Å²) in [6.45, 7) is 0. The molecule has 3 rings (SSSR count). The molecule has 7 heteroatoms. The molecule has 0 saturated carbocycles. The van der Waals surface area contributed by atoms with Gasteiger partial charge in [0.05, 0.1) is 11.1 Å². The lowest BCUT2D eigenvalue weighted by atomic mass is 10.1. The molecule has 0 amide bonds. The van der Waals surface area contributed by atoms with Crippen molar-refractivity contribution in [3.05, 3.63) is 51.3 Å². The number of benzene rings is 1. The van der Waals surface area contributed by atoms with Gasteiger partial charge in [0, 0.05) is 5.38 Å². The van der Waals surface area contributed by atoms with Gasteiger partial charge >= 0.3 is 0 Å². The maximum absolute atomic E-state index is 13.3. The highest BCUT2D eigenvalue weighted by Gasteiger charge is 2.15. The van der Waals surface area contributed by atoms with E-state index in [1.807, 2.05) is 0 Å². The molecule has 0 N–H and O–H groups in total. The highest BCUT2D eigenvalue weighted by molar-refractivity contribution is 7.07. The van der Waals surface area contributed by atoms with Crippen LogP contribution in [0.25, 0.3) is 22.6 Å². The Bertz CT molecular complexity index is 739. The van der Waals surface area contributed by atoms with Crippen molar-refractivity contribution in [2.24, 2.45) is 0 Å². The van der Waals surface area contributed by atoms with E-state index in [-0.39, 0.29) is 16.1 Å². The van der Waals surface area contributed by atoms with E-state index in [9.17, 15) is 4.39 Å². The number of hydrogen-bond donors (Lipinski definition) is 0. The monoisotopic (exact) mass is 325 g/mol. The fraction of sp³-hybridized carbons (Fsp3) is 0. The molecular formula is C13H6Cl2FN3S. The summed E-state index contributed by atoms with van der Waals surface area (Å²) in [4.78, 5) is 12.4. The summed E-state index contributed by atoms with van der Waals surface area (Å²) in [6, 6.07) is 5.95. The fourth-order valence-electron chi connectivity index (χ4n) is 1.73. The summed E-state index contributed by atoms with van der Waals surface area (Å²) in [5.74, 6) is -0.0281. The van der Waals surface area contributed by atoms with Gasteiger partial charge in [-0.3, -0.25) is 0 Å². The second kappa shape index (κ2) is 5.44. The zero-order valence-corrected chi connectivity index (χ0v) is 12.2. The van der Waals surface area contributed by atoms with Crippen molar-refractivity contribution in [3.63, 3.8) is 0 Å². The Morgan fingerprint density at radius 1 is 1.10 bits per heavy atom. The Balaban J connectivity index is 2.14. The van der Waals surface area contributed by atoms with Crippen molar-refractivity contribution in [2.45, 2.75) is 0 Å². The normalized spacial score (nSPS) is 10.8. The maximum Gasteiger partial charge on any atom is 0.181 e. The number of nitrogens with zero attached hydrogens (tertiary/aromatic N) is 3. The van der Waals surface area contributed by atoms with E-state index >= 15 is 0 Å². The molecule has 0 bridgehead atoms. The van der Waals surface area contributed by atoms with E-state index in [1.165, 1.54) is 23.5 Å². The lowest BCUT2D eigenvalue weighted by Crippen LogP contribution is -1.95. The third-order valence-electron chi connectivity index (χ3n) is 2.60. The molecule has 0 aliphatic rings. The minimum absolute atomic E-state index is 0.165. The summed E-state index contributed by atoms with van der Waals surface area (Å²) >= 11 is 13.7. The Labute approximate surface area is 128 Å². The van der Waals surface area contributed by atoms with Gasteiger partial charge in [-0.05, 0) is 17.7 Å². The molecule has 1 aromatic carbocycles. The van der Waals surface area contributed by atoms with E-state index < -0.39 is 0 Å². The standard InChI is InChI=1S/C13H6Cl2FN3S/c14-11-10(7-2-1-3-8(16)4-7)12(15)19-13(18-11)9-5-20-6-17-9/h1-6H. The minimum atomic E-state index is -0.377. The van der Waals surface area contributed by atoms with Crippen LogP contribution in [-0.4, -0.2) is 15.0 Å². The largest absolute Gasteiger partial charge is 0.241 e. The highest BCUT2D eigenvalue weighted by Crippen LogP contribution is 2.34. The van der Waals surface area contributed by atoms with E-state index in [1.54, 1.807) is 23.0 Å². The van der Waals surface area contributed by atoms with Crippen molar-refractivity contribution < 1.29 is 4.39 Å². The number of hydrogen-bond acceptors (Lipinski definition) is 4. The second-order valence-electron chi connectivity index (χ2n) is 3.89. The first-order valence-electron chi connectivity index (χ1n) is 5.52. The molecule has 0 aliphatic heterocycles. The molecule has 0 saturated heterocycles. The zero-order valence-electron chi connectivity index (χ0n) is 9.85. The lowest BCUT2D eigenvalue weighted by molar-refractivity contribution is 0.628. The number of thiazole rings is 1. The molecule has 0 spiro atoms. The van der Waals surface area contributed by atoms with Crippen molar-refractivity contribution in [2.75, 3.05) is 0 Å². The number of rotatable bonds is 2. The molecular weight excluding hydrogens is 320 g/mol. The smallest absolute Gasteiger partial charge is 0.181 e. The topological polar surface area (TPSA) is 38.7 Å². The average molecular weight is 326 g/mol.